The number of unbranched alkanes of at least 4 members (excludes halogenated alkanes) is 22. The monoisotopic (exact) mass is 933 g/mol. The minimum atomic E-state index is -0.208. The smallest absolute Gasteiger partial charge is 0.308 e. The number of benzene rings is 1. The summed E-state index contributed by atoms with van der Waals surface area (Å²) in [5.74, 6) is 0.440. The van der Waals surface area contributed by atoms with Crippen molar-refractivity contribution in [1.29, 1.82) is 0 Å². The van der Waals surface area contributed by atoms with Crippen LogP contribution in [-0.4, -0.2) is 67.2 Å². The molecule has 378 valence electrons. The van der Waals surface area contributed by atoms with Crippen LogP contribution in [-0.2, 0) is 19.1 Å². The largest absolute Gasteiger partial charge is 0.506 e. The van der Waals surface area contributed by atoms with Crippen molar-refractivity contribution in [3.05, 3.63) is 28.8 Å². The van der Waals surface area contributed by atoms with Crippen molar-refractivity contribution in [1.82, 2.24) is 10.2 Å². The second-order valence-electron chi connectivity index (χ2n) is 19.2. The number of ether oxygens (including phenoxy) is 2. The summed E-state index contributed by atoms with van der Waals surface area (Å²) in [5, 5.41) is 13.1. The predicted octanol–water partition coefficient (Wildman–Crippen LogP) is 16.1. The normalized spacial score (nSPS) is 12.0. The van der Waals surface area contributed by atoms with Gasteiger partial charge in [0.15, 0.2) is 0 Å². The van der Waals surface area contributed by atoms with Crippen LogP contribution in [0.15, 0.2) is 18.2 Å². The highest BCUT2D eigenvalue weighted by Gasteiger charge is 2.19. The zero-order chi connectivity index (χ0) is 47.4. The molecule has 0 bridgehead atoms. The highest BCUT2D eigenvalue weighted by Crippen LogP contribution is 2.25. The molecule has 1 amide bonds. The highest BCUT2D eigenvalue weighted by atomic mass is 35.5. The first kappa shape index (κ1) is 60.7. The van der Waals surface area contributed by atoms with Gasteiger partial charge in [-0.15, -0.1) is 0 Å². The van der Waals surface area contributed by atoms with Crippen LogP contribution in [0.4, 0.5) is 0 Å². The van der Waals surface area contributed by atoms with E-state index in [-0.39, 0.29) is 34.5 Å². The van der Waals surface area contributed by atoms with Gasteiger partial charge in [-0.25, -0.2) is 0 Å². The molecule has 0 saturated carbocycles. The van der Waals surface area contributed by atoms with Crippen LogP contribution in [0.2, 0.25) is 5.02 Å². The van der Waals surface area contributed by atoms with Crippen molar-refractivity contribution >= 4 is 29.4 Å². The lowest BCUT2D eigenvalue weighted by Crippen LogP contribution is -2.31. The Morgan fingerprint density at radius 1 is 0.554 bits per heavy atom. The van der Waals surface area contributed by atoms with Gasteiger partial charge in [0.1, 0.15) is 5.75 Å². The van der Waals surface area contributed by atoms with Gasteiger partial charge in [-0.3, -0.25) is 14.4 Å². The maximum absolute atomic E-state index is 13.1. The summed E-state index contributed by atoms with van der Waals surface area (Å²) in [6.45, 7) is 13.6. The highest BCUT2D eigenvalue weighted by molar-refractivity contribution is 6.32. The summed E-state index contributed by atoms with van der Waals surface area (Å²) >= 11 is 5.93. The molecule has 1 unspecified atom stereocenters. The molecule has 0 spiro atoms. The molecule has 1 aromatic rings. The first-order chi connectivity index (χ1) is 31.7. The van der Waals surface area contributed by atoms with Crippen LogP contribution in [0, 0.1) is 11.8 Å². The molecule has 1 atom stereocenters. The van der Waals surface area contributed by atoms with Crippen LogP contribution in [0.3, 0.4) is 0 Å². The SMILES string of the molecule is CCCCCCCCC(CCCCCC)C(=O)OCCCCCCCN(CCCCCCCOC(=O)CCC(CCCCCC)CCCCCC)CCCNC(=O)c1ccc(Cl)c(O)c1. The molecule has 2 N–H and O–H groups in total. The number of phenols is 1. The molecule has 0 radical (unpaired) electrons. The summed E-state index contributed by atoms with van der Waals surface area (Å²) in [7, 11) is 0. The van der Waals surface area contributed by atoms with E-state index >= 15 is 0 Å². The van der Waals surface area contributed by atoms with Gasteiger partial charge in [-0.05, 0) is 95.1 Å². The molecule has 0 heterocycles. The standard InChI is InChI=1S/C56H101ClN2O6/c1-5-9-13-17-20-28-37-50(36-27-16-12-8-4)56(63)65-47-32-24-19-22-30-44-59(45-33-42-58-55(62)51-39-40-52(57)53(60)48-51)43-29-21-18-23-31-46-64-54(61)41-38-49(34-25-14-10-6-2)35-26-15-11-7-3/h39-40,48-50,60H,5-38,41-47H2,1-4H3,(H,58,62). The number of hydrogen-bond donors (Lipinski definition) is 2. The third-order valence-corrected chi connectivity index (χ3v) is 13.5. The summed E-state index contributed by atoms with van der Waals surface area (Å²) < 4.78 is 11.5. The number of carbonyl (C=O) groups excluding carboxylic acids is 3. The van der Waals surface area contributed by atoms with E-state index in [0.717, 1.165) is 122 Å². The minimum Gasteiger partial charge on any atom is -0.506 e. The Hall–Kier alpha value is -2.32. The van der Waals surface area contributed by atoms with Gasteiger partial charge in [0.2, 0.25) is 0 Å². The Morgan fingerprint density at radius 3 is 1.54 bits per heavy atom. The second-order valence-corrected chi connectivity index (χ2v) is 19.7. The van der Waals surface area contributed by atoms with E-state index in [1.54, 1.807) is 12.1 Å². The van der Waals surface area contributed by atoms with Crippen molar-refractivity contribution in [3.8, 4) is 5.75 Å². The molecule has 0 aliphatic carbocycles. The van der Waals surface area contributed by atoms with Crippen LogP contribution in [0.1, 0.15) is 263 Å². The van der Waals surface area contributed by atoms with Crippen molar-refractivity contribution in [3.63, 3.8) is 0 Å². The Labute approximate surface area is 405 Å². The number of rotatable bonds is 47. The number of phenolic OH excluding ortho intramolecular Hbond substituents is 1. The number of aromatic hydroxyl groups is 1. The fourth-order valence-electron chi connectivity index (χ4n) is 8.92. The molecule has 0 fully saturated rings. The summed E-state index contributed by atoms with van der Waals surface area (Å²) in [4.78, 5) is 40.9. The van der Waals surface area contributed by atoms with E-state index in [4.69, 9.17) is 21.1 Å². The Kier molecular flexibility index (Phi) is 41.3. The third-order valence-electron chi connectivity index (χ3n) is 13.2. The molecule has 1 aromatic carbocycles. The fourth-order valence-corrected chi connectivity index (χ4v) is 9.04. The Bertz CT molecular complexity index is 1270. The molecule has 0 saturated heterocycles. The molecule has 65 heavy (non-hydrogen) atoms. The van der Waals surface area contributed by atoms with E-state index in [1.807, 2.05) is 0 Å². The lowest BCUT2D eigenvalue weighted by atomic mass is 9.90. The number of amides is 1. The molecular formula is C56H101ClN2O6. The number of nitrogens with one attached hydrogen (secondary N) is 1. The average Bonchev–Trinajstić information content (AvgIpc) is 3.30. The first-order valence-corrected chi connectivity index (χ1v) is 27.9. The number of hydrogen-bond acceptors (Lipinski definition) is 7. The minimum absolute atomic E-state index is 0.0191. The summed E-state index contributed by atoms with van der Waals surface area (Å²) in [6.07, 6.45) is 40.3. The van der Waals surface area contributed by atoms with Crippen molar-refractivity contribution in [2.45, 2.75) is 252 Å². The van der Waals surface area contributed by atoms with Crippen LogP contribution in [0.5, 0.6) is 5.75 Å². The topological polar surface area (TPSA) is 105 Å². The molecule has 8 nitrogen and oxygen atoms in total. The number of nitrogens with zero attached hydrogens (tertiary/aromatic N) is 1. The number of esters is 2. The molecular weight excluding hydrogens is 832 g/mol. The number of halogens is 1. The number of carbonyl (C=O) groups is 3. The van der Waals surface area contributed by atoms with E-state index in [9.17, 15) is 19.5 Å². The zero-order valence-electron chi connectivity index (χ0n) is 42.7. The van der Waals surface area contributed by atoms with E-state index in [2.05, 4.69) is 37.9 Å². The van der Waals surface area contributed by atoms with Crippen molar-refractivity contribution in [2.75, 3.05) is 39.4 Å². The summed E-state index contributed by atoms with van der Waals surface area (Å²) in [5.41, 5.74) is 0.402. The fraction of sp³-hybridized carbons (Fsp3) is 0.839. The third kappa shape index (κ3) is 35.5. The predicted molar refractivity (Wildman–Crippen MR) is 275 cm³/mol. The molecule has 1 rings (SSSR count). The molecule has 0 aromatic heterocycles. The molecule has 0 aliphatic heterocycles. The quantitative estimate of drug-likeness (QED) is 0.0495. The van der Waals surface area contributed by atoms with Crippen LogP contribution >= 0.6 is 11.6 Å². The average molecular weight is 934 g/mol. The van der Waals surface area contributed by atoms with E-state index in [1.165, 1.54) is 122 Å². The summed E-state index contributed by atoms with van der Waals surface area (Å²) in [6, 6.07) is 4.58. The van der Waals surface area contributed by atoms with Gasteiger partial charge >= 0.3 is 11.9 Å². The maximum Gasteiger partial charge on any atom is 0.308 e. The van der Waals surface area contributed by atoms with Crippen molar-refractivity contribution < 1.29 is 29.0 Å². The Balaban J connectivity index is 2.44. The Morgan fingerprint density at radius 2 is 1.00 bits per heavy atom. The lowest BCUT2D eigenvalue weighted by molar-refractivity contribution is -0.149. The zero-order valence-corrected chi connectivity index (χ0v) is 43.4. The van der Waals surface area contributed by atoms with Gasteiger partial charge in [0, 0.05) is 18.5 Å². The lowest BCUT2D eigenvalue weighted by Gasteiger charge is -2.22. The van der Waals surface area contributed by atoms with Crippen molar-refractivity contribution in [2.24, 2.45) is 11.8 Å². The second kappa shape index (κ2) is 44.2. The van der Waals surface area contributed by atoms with E-state index < -0.39 is 0 Å². The van der Waals surface area contributed by atoms with Crippen LogP contribution < -0.4 is 5.32 Å². The van der Waals surface area contributed by atoms with Gasteiger partial charge in [0.25, 0.3) is 5.91 Å². The van der Waals surface area contributed by atoms with Gasteiger partial charge in [0.05, 0.1) is 24.2 Å². The molecule has 9 heteroatoms. The van der Waals surface area contributed by atoms with Gasteiger partial charge in [-0.2, -0.15) is 0 Å². The van der Waals surface area contributed by atoms with Gasteiger partial charge < -0.3 is 24.8 Å². The van der Waals surface area contributed by atoms with Gasteiger partial charge in [-0.1, -0.05) is 206 Å². The maximum atomic E-state index is 13.1. The first-order valence-electron chi connectivity index (χ1n) is 27.6. The van der Waals surface area contributed by atoms with Crippen LogP contribution in [0.25, 0.3) is 0 Å². The van der Waals surface area contributed by atoms with E-state index in [0.29, 0.717) is 37.7 Å². The molecule has 0 aliphatic rings.